The molecule has 0 bridgehead atoms. The van der Waals surface area contributed by atoms with Gasteiger partial charge in [0.2, 0.25) is 17.7 Å². The van der Waals surface area contributed by atoms with Crippen molar-refractivity contribution < 1.29 is 39.3 Å². The van der Waals surface area contributed by atoms with Crippen LogP contribution in [0.1, 0.15) is 31.2 Å². The summed E-state index contributed by atoms with van der Waals surface area (Å²) in [6.07, 6.45) is 0.378. The standard InChI is InChI=1S/C22H30N4O8S/c23-14(7-8-18(28)29)19(30)25-16(11-35)21(32)26-9-1-2-17(26)20(31)24-15(22(33)34)10-12-3-5-13(27)6-4-12/h3-6,14-17,27,35H,1-2,7-11,23H2,(H,24,31)(H,25,30)(H,28,29)(H,33,34). The van der Waals surface area contributed by atoms with Crippen LogP contribution < -0.4 is 16.4 Å². The number of hydrogen-bond donors (Lipinski definition) is 7. The van der Waals surface area contributed by atoms with Crippen LogP contribution in [0.4, 0.5) is 0 Å². The highest BCUT2D eigenvalue weighted by Gasteiger charge is 2.38. The van der Waals surface area contributed by atoms with E-state index < -0.39 is 53.8 Å². The van der Waals surface area contributed by atoms with Gasteiger partial charge in [-0.2, -0.15) is 12.6 Å². The molecular weight excluding hydrogens is 480 g/mol. The molecule has 13 heteroatoms. The number of benzene rings is 1. The zero-order valence-corrected chi connectivity index (χ0v) is 19.8. The number of amides is 3. The largest absolute Gasteiger partial charge is 0.508 e. The smallest absolute Gasteiger partial charge is 0.326 e. The Hall–Kier alpha value is -3.32. The number of thiol groups is 1. The highest BCUT2D eigenvalue weighted by molar-refractivity contribution is 7.80. The van der Waals surface area contributed by atoms with Crippen LogP contribution in [0.25, 0.3) is 0 Å². The summed E-state index contributed by atoms with van der Waals surface area (Å²) in [5.74, 6) is -4.33. The van der Waals surface area contributed by atoms with Crippen molar-refractivity contribution in [2.45, 2.75) is 56.3 Å². The van der Waals surface area contributed by atoms with Crippen molar-refractivity contribution >= 4 is 42.3 Å². The van der Waals surface area contributed by atoms with E-state index in [-0.39, 0.29) is 37.3 Å². The number of hydrogen-bond acceptors (Lipinski definition) is 8. The molecule has 1 aromatic rings. The molecule has 1 aliphatic rings. The second-order valence-electron chi connectivity index (χ2n) is 8.24. The topological polar surface area (TPSA) is 199 Å². The Morgan fingerprint density at radius 3 is 2.31 bits per heavy atom. The number of aromatic hydroxyl groups is 1. The number of nitrogens with two attached hydrogens (primary N) is 1. The molecule has 4 unspecified atom stereocenters. The van der Waals surface area contributed by atoms with Gasteiger partial charge >= 0.3 is 11.9 Å². The fraction of sp³-hybridized carbons (Fsp3) is 0.500. The van der Waals surface area contributed by atoms with Crippen LogP contribution >= 0.6 is 12.6 Å². The van der Waals surface area contributed by atoms with E-state index in [2.05, 4.69) is 23.3 Å². The maximum atomic E-state index is 13.1. The molecule has 0 aliphatic carbocycles. The molecule has 3 amide bonds. The van der Waals surface area contributed by atoms with Crippen LogP contribution in [0.3, 0.4) is 0 Å². The van der Waals surface area contributed by atoms with Gasteiger partial charge in [-0.05, 0) is 37.0 Å². The summed E-state index contributed by atoms with van der Waals surface area (Å²) >= 11 is 4.11. The first-order valence-corrected chi connectivity index (χ1v) is 11.7. The predicted octanol–water partition coefficient (Wildman–Crippen LogP) is -0.898. The van der Waals surface area contributed by atoms with Gasteiger partial charge in [-0.1, -0.05) is 12.1 Å². The summed E-state index contributed by atoms with van der Waals surface area (Å²) in [5, 5.41) is 32.6. The minimum absolute atomic E-state index is 0.0222. The molecule has 0 spiro atoms. The average Bonchev–Trinajstić information content (AvgIpc) is 3.31. The Balaban J connectivity index is 2.03. The van der Waals surface area contributed by atoms with Crippen LogP contribution in [0, 0.1) is 0 Å². The quantitative estimate of drug-likeness (QED) is 0.174. The van der Waals surface area contributed by atoms with Crippen LogP contribution in [0.5, 0.6) is 5.75 Å². The molecule has 1 fully saturated rings. The minimum Gasteiger partial charge on any atom is -0.508 e. The number of aliphatic carboxylic acids is 2. The van der Waals surface area contributed by atoms with Gasteiger partial charge in [0.15, 0.2) is 0 Å². The van der Waals surface area contributed by atoms with Gasteiger partial charge in [0.1, 0.15) is 23.9 Å². The molecule has 192 valence electrons. The van der Waals surface area contributed by atoms with E-state index in [0.717, 1.165) is 0 Å². The van der Waals surface area contributed by atoms with Crippen molar-refractivity contribution in [1.29, 1.82) is 0 Å². The van der Waals surface area contributed by atoms with Crippen molar-refractivity contribution in [3.63, 3.8) is 0 Å². The van der Waals surface area contributed by atoms with Gasteiger partial charge < -0.3 is 36.6 Å². The Kier molecular flexibility index (Phi) is 10.3. The lowest BCUT2D eigenvalue weighted by atomic mass is 10.0. The average molecular weight is 511 g/mol. The number of carbonyl (C=O) groups excluding carboxylic acids is 3. The highest BCUT2D eigenvalue weighted by Crippen LogP contribution is 2.20. The molecule has 1 saturated heterocycles. The molecule has 0 radical (unpaired) electrons. The third-order valence-corrected chi connectivity index (χ3v) is 6.00. The summed E-state index contributed by atoms with van der Waals surface area (Å²) in [4.78, 5) is 61.9. The van der Waals surface area contributed by atoms with Crippen LogP contribution in [0.2, 0.25) is 0 Å². The summed E-state index contributed by atoms with van der Waals surface area (Å²) < 4.78 is 0. The highest BCUT2D eigenvalue weighted by atomic mass is 32.1. The number of carbonyl (C=O) groups is 5. The number of nitrogens with one attached hydrogen (secondary N) is 2. The maximum absolute atomic E-state index is 13.1. The third kappa shape index (κ3) is 8.14. The number of nitrogens with zero attached hydrogens (tertiary/aromatic N) is 1. The number of carboxylic acids is 2. The first kappa shape index (κ1) is 27.9. The van der Waals surface area contributed by atoms with Gasteiger partial charge in [0.05, 0.1) is 6.04 Å². The molecule has 4 atom stereocenters. The maximum Gasteiger partial charge on any atom is 0.326 e. The first-order chi connectivity index (χ1) is 16.5. The summed E-state index contributed by atoms with van der Waals surface area (Å²) in [7, 11) is 0. The molecule has 1 aromatic carbocycles. The molecule has 0 saturated carbocycles. The monoisotopic (exact) mass is 510 g/mol. The summed E-state index contributed by atoms with van der Waals surface area (Å²) in [6, 6.07) is 1.51. The van der Waals surface area contributed by atoms with Crippen molar-refractivity contribution in [2.24, 2.45) is 5.73 Å². The number of likely N-dealkylation sites (tertiary alicyclic amines) is 1. The second kappa shape index (κ2) is 13.0. The lowest BCUT2D eigenvalue weighted by Crippen LogP contribution is -2.57. The van der Waals surface area contributed by atoms with Crippen LogP contribution in [-0.4, -0.2) is 86.3 Å². The molecule has 1 heterocycles. The normalized spacial score (nSPS) is 17.8. The van der Waals surface area contributed by atoms with Crippen molar-refractivity contribution in [2.75, 3.05) is 12.3 Å². The van der Waals surface area contributed by atoms with Crippen molar-refractivity contribution in [3.05, 3.63) is 29.8 Å². The third-order valence-electron chi connectivity index (χ3n) is 5.63. The van der Waals surface area contributed by atoms with Gasteiger partial charge in [0, 0.05) is 25.1 Å². The summed E-state index contributed by atoms with van der Waals surface area (Å²) in [6.45, 7) is 0.234. The van der Waals surface area contributed by atoms with Gasteiger partial charge in [0.25, 0.3) is 0 Å². The van der Waals surface area contributed by atoms with E-state index in [1.807, 2.05) is 0 Å². The molecule has 1 aliphatic heterocycles. The van der Waals surface area contributed by atoms with Gasteiger partial charge in [-0.25, -0.2) is 4.79 Å². The van der Waals surface area contributed by atoms with Gasteiger partial charge in [-0.15, -0.1) is 0 Å². The number of phenols is 1. The molecule has 35 heavy (non-hydrogen) atoms. The van der Waals surface area contributed by atoms with Crippen molar-refractivity contribution in [3.8, 4) is 5.75 Å². The van der Waals surface area contributed by atoms with E-state index in [4.69, 9.17) is 10.8 Å². The van der Waals surface area contributed by atoms with E-state index in [9.17, 15) is 34.2 Å². The van der Waals surface area contributed by atoms with E-state index >= 15 is 0 Å². The first-order valence-electron chi connectivity index (χ1n) is 11.0. The Labute approximate surface area is 207 Å². The zero-order chi connectivity index (χ0) is 26.1. The fourth-order valence-corrected chi connectivity index (χ4v) is 3.96. The molecule has 12 nitrogen and oxygen atoms in total. The Morgan fingerprint density at radius 1 is 1.09 bits per heavy atom. The summed E-state index contributed by atoms with van der Waals surface area (Å²) in [5.41, 5.74) is 6.28. The lowest BCUT2D eigenvalue weighted by molar-refractivity contribution is -0.144. The molecule has 7 N–H and O–H groups in total. The fourth-order valence-electron chi connectivity index (χ4n) is 3.71. The molecular formula is C22H30N4O8S. The number of carboxylic acid groups (broad SMARTS) is 2. The zero-order valence-electron chi connectivity index (χ0n) is 18.9. The lowest BCUT2D eigenvalue weighted by Gasteiger charge is -2.29. The van der Waals surface area contributed by atoms with E-state index in [0.29, 0.717) is 18.4 Å². The van der Waals surface area contributed by atoms with E-state index in [1.54, 1.807) is 12.1 Å². The predicted molar refractivity (Wildman–Crippen MR) is 127 cm³/mol. The Bertz CT molecular complexity index is 942. The van der Waals surface area contributed by atoms with Gasteiger partial charge in [-0.3, -0.25) is 19.2 Å². The molecule has 2 rings (SSSR count). The van der Waals surface area contributed by atoms with E-state index in [1.165, 1.54) is 17.0 Å². The number of rotatable bonds is 12. The number of phenolic OH excluding ortho intramolecular Hbond substituents is 1. The van der Waals surface area contributed by atoms with Crippen molar-refractivity contribution in [1.82, 2.24) is 15.5 Å². The SMILES string of the molecule is NC(CCC(=O)O)C(=O)NC(CS)C(=O)N1CCCC1C(=O)NC(Cc1ccc(O)cc1)C(=O)O. The molecule has 0 aromatic heterocycles. The Morgan fingerprint density at radius 2 is 1.74 bits per heavy atom. The minimum atomic E-state index is -1.25. The van der Waals surface area contributed by atoms with Crippen LogP contribution in [-0.2, 0) is 30.4 Å². The van der Waals surface area contributed by atoms with Crippen LogP contribution in [0.15, 0.2) is 24.3 Å². The second-order valence-corrected chi connectivity index (χ2v) is 8.61.